The smallest absolute Gasteiger partial charge is 0.167 e. The zero-order chi connectivity index (χ0) is 13.5. The van der Waals surface area contributed by atoms with Crippen LogP contribution in [0.1, 0.15) is 6.92 Å². The molecule has 1 aromatic carbocycles. The van der Waals surface area contributed by atoms with Crippen molar-refractivity contribution >= 4 is 32.8 Å². The fourth-order valence-electron chi connectivity index (χ4n) is 2.18. The molecule has 1 aliphatic rings. The standard InChI is InChI=1S/C11H14ClFN2O2S/c1-7-6-18(16,17)5-4-15(7)11-9(14)3-2-8(12)10(11)13/h2-3,7H,4-6,14H2,1H3. The summed E-state index contributed by atoms with van der Waals surface area (Å²) in [6, 6.07) is 2.59. The minimum Gasteiger partial charge on any atom is -0.397 e. The fourth-order valence-corrected chi connectivity index (χ4v) is 3.89. The number of benzene rings is 1. The molecule has 1 heterocycles. The van der Waals surface area contributed by atoms with Gasteiger partial charge in [-0.15, -0.1) is 0 Å². The number of hydrogen-bond acceptors (Lipinski definition) is 4. The van der Waals surface area contributed by atoms with Gasteiger partial charge in [-0.05, 0) is 19.1 Å². The molecule has 1 saturated heterocycles. The van der Waals surface area contributed by atoms with Crippen LogP contribution in [0.5, 0.6) is 0 Å². The average Bonchev–Trinajstić information content (AvgIpc) is 2.26. The Morgan fingerprint density at radius 2 is 2.17 bits per heavy atom. The summed E-state index contributed by atoms with van der Waals surface area (Å²) in [6.07, 6.45) is 0. The quantitative estimate of drug-likeness (QED) is 0.800. The highest BCUT2D eigenvalue weighted by molar-refractivity contribution is 7.91. The SMILES string of the molecule is CC1CS(=O)(=O)CCN1c1c(N)ccc(Cl)c1F. The fraction of sp³-hybridized carbons (Fsp3) is 0.455. The van der Waals surface area contributed by atoms with E-state index in [1.165, 1.54) is 12.1 Å². The number of nitrogens with two attached hydrogens (primary N) is 1. The minimum absolute atomic E-state index is 0.00159. The van der Waals surface area contributed by atoms with Crippen LogP contribution in [0.25, 0.3) is 0 Å². The van der Waals surface area contributed by atoms with Crippen molar-refractivity contribution in [3.05, 3.63) is 23.0 Å². The average molecular weight is 293 g/mol. The van der Waals surface area contributed by atoms with Crippen LogP contribution in [0.4, 0.5) is 15.8 Å². The second-order valence-corrected chi connectivity index (χ2v) is 7.09. The van der Waals surface area contributed by atoms with E-state index in [0.717, 1.165) is 0 Å². The largest absolute Gasteiger partial charge is 0.397 e. The molecule has 1 fully saturated rings. The van der Waals surface area contributed by atoms with Crippen LogP contribution < -0.4 is 10.6 Å². The normalized spacial score (nSPS) is 23.1. The zero-order valence-electron chi connectivity index (χ0n) is 9.86. The summed E-state index contributed by atoms with van der Waals surface area (Å²) in [6.45, 7) is 1.96. The van der Waals surface area contributed by atoms with Gasteiger partial charge in [-0.1, -0.05) is 11.6 Å². The Morgan fingerprint density at radius 3 is 2.78 bits per heavy atom. The molecule has 0 radical (unpaired) electrons. The first kappa shape index (κ1) is 13.4. The van der Waals surface area contributed by atoms with Gasteiger partial charge in [-0.25, -0.2) is 12.8 Å². The van der Waals surface area contributed by atoms with Gasteiger partial charge in [0.2, 0.25) is 0 Å². The molecule has 0 aromatic heterocycles. The first-order valence-corrected chi connectivity index (χ1v) is 7.72. The van der Waals surface area contributed by atoms with Gasteiger partial charge < -0.3 is 10.6 Å². The number of rotatable bonds is 1. The van der Waals surface area contributed by atoms with Crippen LogP contribution in [0, 0.1) is 5.82 Å². The van der Waals surface area contributed by atoms with Crippen LogP contribution in [-0.2, 0) is 9.84 Å². The highest BCUT2D eigenvalue weighted by Crippen LogP contribution is 2.34. The second kappa shape index (κ2) is 4.59. The molecule has 2 rings (SSSR count). The third-order valence-electron chi connectivity index (χ3n) is 3.06. The van der Waals surface area contributed by atoms with E-state index in [9.17, 15) is 12.8 Å². The van der Waals surface area contributed by atoms with E-state index in [2.05, 4.69) is 0 Å². The van der Waals surface area contributed by atoms with Crippen molar-refractivity contribution in [2.75, 3.05) is 28.7 Å². The van der Waals surface area contributed by atoms with Crippen LogP contribution in [-0.4, -0.2) is 32.5 Å². The number of anilines is 2. The highest BCUT2D eigenvalue weighted by Gasteiger charge is 2.31. The van der Waals surface area contributed by atoms with Gasteiger partial charge in [0, 0.05) is 12.6 Å². The molecule has 1 unspecified atom stereocenters. The Morgan fingerprint density at radius 1 is 1.50 bits per heavy atom. The maximum absolute atomic E-state index is 14.0. The van der Waals surface area contributed by atoms with E-state index in [0.29, 0.717) is 0 Å². The molecule has 100 valence electrons. The van der Waals surface area contributed by atoms with Gasteiger partial charge in [0.05, 0.1) is 27.9 Å². The lowest BCUT2D eigenvalue weighted by Gasteiger charge is -2.36. The molecule has 4 nitrogen and oxygen atoms in total. The van der Waals surface area contributed by atoms with E-state index in [1.807, 2.05) is 0 Å². The predicted molar refractivity (Wildman–Crippen MR) is 71.3 cm³/mol. The van der Waals surface area contributed by atoms with Crippen LogP contribution >= 0.6 is 11.6 Å². The van der Waals surface area contributed by atoms with Gasteiger partial charge in [0.15, 0.2) is 15.7 Å². The van der Waals surface area contributed by atoms with Gasteiger partial charge in [-0.3, -0.25) is 0 Å². The topological polar surface area (TPSA) is 63.4 Å². The molecule has 1 aliphatic heterocycles. The maximum Gasteiger partial charge on any atom is 0.167 e. The Labute approximate surface area is 110 Å². The second-order valence-electron chi connectivity index (χ2n) is 4.46. The van der Waals surface area contributed by atoms with Crippen molar-refractivity contribution in [2.45, 2.75) is 13.0 Å². The summed E-state index contributed by atoms with van der Waals surface area (Å²) in [5.74, 6) is -0.593. The van der Waals surface area contributed by atoms with Crippen molar-refractivity contribution in [1.82, 2.24) is 0 Å². The monoisotopic (exact) mass is 292 g/mol. The lowest BCUT2D eigenvalue weighted by Crippen LogP contribution is -2.47. The van der Waals surface area contributed by atoms with Crippen molar-refractivity contribution in [3.63, 3.8) is 0 Å². The van der Waals surface area contributed by atoms with Crippen molar-refractivity contribution in [2.24, 2.45) is 0 Å². The maximum atomic E-state index is 14.0. The summed E-state index contributed by atoms with van der Waals surface area (Å²) in [5, 5.41) is -0.0140. The number of nitrogens with zero attached hydrogens (tertiary/aromatic N) is 1. The molecule has 0 aliphatic carbocycles. The first-order valence-electron chi connectivity index (χ1n) is 5.52. The van der Waals surface area contributed by atoms with Gasteiger partial charge in [0.25, 0.3) is 0 Å². The van der Waals surface area contributed by atoms with Crippen LogP contribution in [0.15, 0.2) is 12.1 Å². The molecule has 0 amide bonds. The molecule has 18 heavy (non-hydrogen) atoms. The van der Waals surface area contributed by atoms with E-state index < -0.39 is 15.7 Å². The van der Waals surface area contributed by atoms with Gasteiger partial charge in [-0.2, -0.15) is 0 Å². The molecule has 0 saturated carbocycles. The van der Waals surface area contributed by atoms with E-state index in [-0.39, 0.29) is 40.5 Å². The Bertz CT molecular complexity index is 577. The van der Waals surface area contributed by atoms with Crippen molar-refractivity contribution in [1.29, 1.82) is 0 Å². The third kappa shape index (κ3) is 2.40. The Balaban J connectivity index is 2.42. The molecule has 7 heteroatoms. The lowest BCUT2D eigenvalue weighted by atomic mass is 10.2. The Kier molecular flexibility index (Phi) is 3.42. The molecule has 0 spiro atoms. The molecule has 0 bridgehead atoms. The van der Waals surface area contributed by atoms with Crippen LogP contribution in [0.3, 0.4) is 0 Å². The lowest BCUT2D eigenvalue weighted by molar-refractivity contribution is 0.559. The summed E-state index contributed by atoms with van der Waals surface area (Å²) >= 11 is 5.73. The minimum atomic E-state index is -3.05. The number of halogens is 2. The van der Waals surface area contributed by atoms with Crippen molar-refractivity contribution < 1.29 is 12.8 Å². The molecular formula is C11H14ClFN2O2S. The molecular weight excluding hydrogens is 279 g/mol. The number of hydrogen-bond donors (Lipinski definition) is 1. The van der Waals surface area contributed by atoms with Gasteiger partial charge >= 0.3 is 0 Å². The van der Waals surface area contributed by atoms with Crippen LogP contribution in [0.2, 0.25) is 5.02 Å². The predicted octanol–water partition coefficient (Wildman–Crippen LogP) is 1.68. The summed E-state index contributed by atoms with van der Waals surface area (Å²) < 4.78 is 37.0. The Hall–Kier alpha value is -1.01. The number of sulfone groups is 1. The highest BCUT2D eigenvalue weighted by atomic mass is 35.5. The van der Waals surface area contributed by atoms with Gasteiger partial charge in [0.1, 0.15) is 0 Å². The molecule has 2 N–H and O–H groups in total. The molecule has 1 atom stereocenters. The summed E-state index contributed by atoms with van der Waals surface area (Å²) in [4.78, 5) is 1.66. The van der Waals surface area contributed by atoms with E-state index >= 15 is 0 Å². The van der Waals surface area contributed by atoms with E-state index in [1.54, 1.807) is 11.8 Å². The van der Waals surface area contributed by atoms with Crippen molar-refractivity contribution in [3.8, 4) is 0 Å². The molecule has 1 aromatic rings. The summed E-state index contributed by atoms with van der Waals surface area (Å²) in [7, 11) is -3.05. The summed E-state index contributed by atoms with van der Waals surface area (Å²) in [5.41, 5.74) is 6.23. The number of nitrogen functional groups attached to an aromatic ring is 1. The first-order chi connectivity index (χ1) is 8.32. The van der Waals surface area contributed by atoms with E-state index in [4.69, 9.17) is 17.3 Å². The zero-order valence-corrected chi connectivity index (χ0v) is 11.4. The third-order valence-corrected chi connectivity index (χ3v) is 5.14.